The summed E-state index contributed by atoms with van der Waals surface area (Å²) in [6.07, 6.45) is 0.184. The molecule has 0 saturated heterocycles. The summed E-state index contributed by atoms with van der Waals surface area (Å²) in [5, 5.41) is 9.59. The number of hydrogen-bond donors (Lipinski definition) is 0. The second-order valence-corrected chi connectivity index (χ2v) is 1.48. The molecule has 0 aliphatic heterocycles. The van der Waals surface area contributed by atoms with Crippen LogP contribution in [0.25, 0.3) is 0 Å². The Kier molecular flexibility index (Phi) is 3.79. The molecule has 0 aromatic carbocycles. The molecule has 11 heavy (non-hydrogen) atoms. The highest BCUT2D eigenvalue weighted by Gasteiger charge is 2.11. The normalized spacial score (nSPS) is 10.9. The van der Waals surface area contributed by atoms with Crippen LogP contribution in [0.2, 0.25) is 0 Å². The molecule has 0 saturated carbocycles. The Hall–Kier alpha value is -1.46. The van der Waals surface area contributed by atoms with E-state index in [-0.39, 0.29) is 12.7 Å². The van der Waals surface area contributed by atoms with Gasteiger partial charge in [0.05, 0.1) is 11.5 Å². The summed E-state index contributed by atoms with van der Waals surface area (Å²) in [6, 6.07) is 0. The molecule has 6 heteroatoms. The average molecular weight is 163 g/mol. The lowest BCUT2D eigenvalue weighted by molar-refractivity contribution is -0.447. The van der Waals surface area contributed by atoms with Gasteiger partial charge in [-0.25, -0.2) is 4.79 Å². The first-order chi connectivity index (χ1) is 5.07. The molecule has 0 amide bonds. The molecule has 5 nitrogen and oxygen atoms in total. The van der Waals surface area contributed by atoms with Crippen LogP contribution < -0.4 is 0 Å². The molecular weight excluding hydrogens is 157 g/mol. The Bertz CT molecular complexity index is 201. The molecule has 0 bridgehead atoms. The van der Waals surface area contributed by atoms with Crippen molar-refractivity contribution in [3.63, 3.8) is 0 Å². The monoisotopic (exact) mass is 163 g/mol. The number of halogens is 1. The number of nitro groups is 1. The van der Waals surface area contributed by atoms with Crippen molar-refractivity contribution in [2.45, 2.75) is 6.92 Å². The summed E-state index contributed by atoms with van der Waals surface area (Å²) in [4.78, 5) is 18.6. The van der Waals surface area contributed by atoms with Crippen molar-refractivity contribution in [3.8, 4) is 0 Å². The smallest absolute Gasteiger partial charge is 0.426 e. The molecule has 0 atom stereocenters. The average Bonchev–Trinajstić information content (AvgIpc) is 1.87. The van der Waals surface area contributed by atoms with Crippen LogP contribution in [-0.4, -0.2) is 17.5 Å². The highest BCUT2D eigenvalue weighted by molar-refractivity contribution is 5.81. The van der Waals surface area contributed by atoms with E-state index in [4.69, 9.17) is 0 Å². The van der Waals surface area contributed by atoms with Gasteiger partial charge < -0.3 is 4.74 Å². The molecule has 0 heterocycles. The summed E-state index contributed by atoms with van der Waals surface area (Å²) in [5.41, 5.74) is 0. The zero-order chi connectivity index (χ0) is 8.85. The summed E-state index contributed by atoms with van der Waals surface area (Å²) in [5.74, 6) is -2.77. The van der Waals surface area contributed by atoms with Gasteiger partial charge in [0.15, 0.2) is 0 Å². The van der Waals surface area contributed by atoms with E-state index in [0.717, 1.165) is 0 Å². The molecule has 0 rings (SSSR count). The Morgan fingerprint density at radius 3 is 2.73 bits per heavy atom. The maximum atomic E-state index is 12.0. The fraction of sp³-hybridized carbons (Fsp3) is 0.400. The van der Waals surface area contributed by atoms with Gasteiger partial charge in [0.25, 0.3) is 0 Å². The third kappa shape index (κ3) is 4.01. The van der Waals surface area contributed by atoms with Crippen molar-refractivity contribution >= 4 is 5.97 Å². The first-order valence-corrected chi connectivity index (χ1v) is 2.76. The molecular formula is C5H6FNO4. The van der Waals surface area contributed by atoms with Gasteiger partial charge >= 0.3 is 11.9 Å². The van der Waals surface area contributed by atoms with E-state index >= 15 is 0 Å². The van der Waals surface area contributed by atoms with Crippen LogP contribution in [0.4, 0.5) is 4.39 Å². The van der Waals surface area contributed by atoms with Gasteiger partial charge in [-0.3, -0.25) is 10.1 Å². The van der Waals surface area contributed by atoms with Gasteiger partial charge in [-0.2, -0.15) is 0 Å². The number of carbonyl (C=O) groups is 1. The number of esters is 1. The minimum atomic E-state index is -1.72. The van der Waals surface area contributed by atoms with Crippen LogP contribution in [0.5, 0.6) is 0 Å². The van der Waals surface area contributed by atoms with E-state index in [9.17, 15) is 19.3 Å². The predicted molar refractivity (Wildman–Crippen MR) is 32.8 cm³/mol. The largest absolute Gasteiger partial charge is 0.463 e. The zero-order valence-electron chi connectivity index (χ0n) is 5.74. The van der Waals surface area contributed by atoms with Gasteiger partial charge in [-0.05, 0) is 6.92 Å². The molecule has 0 N–H and O–H groups in total. The lowest BCUT2D eigenvalue weighted by atomic mass is 10.6. The molecule has 0 fully saturated rings. The zero-order valence-corrected chi connectivity index (χ0v) is 5.74. The lowest BCUT2D eigenvalue weighted by Crippen LogP contribution is -2.03. The first-order valence-electron chi connectivity index (χ1n) is 2.76. The van der Waals surface area contributed by atoms with Crippen LogP contribution in [0.1, 0.15) is 6.92 Å². The molecule has 0 unspecified atom stereocenters. The molecule has 0 spiro atoms. The Morgan fingerprint density at radius 1 is 1.82 bits per heavy atom. The van der Waals surface area contributed by atoms with Crippen molar-refractivity contribution < 1.29 is 18.8 Å². The lowest BCUT2D eigenvalue weighted by Gasteiger charge is -1.92. The van der Waals surface area contributed by atoms with Crippen LogP contribution in [0, 0.1) is 10.1 Å². The highest BCUT2D eigenvalue weighted by atomic mass is 19.1. The number of rotatable bonds is 3. The van der Waals surface area contributed by atoms with Gasteiger partial charge in [0.2, 0.25) is 0 Å². The molecule has 0 aliphatic carbocycles. The highest BCUT2D eigenvalue weighted by Crippen LogP contribution is 1.96. The van der Waals surface area contributed by atoms with Crippen molar-refractivity contribution in [3.05, 3.63) is 22.1 Å². The molecule has 0 radical (unpaired) electrons. The van der Waals surface area contributed by atoms with E-state index < -0.39 is 16.8 Å². The van der Waals surface area contributed by atoms with Crippen LogP contribution in [0.3, 0.4) is 0 Å². The van der Waals surface area contributed by atoms with Gasteiger partial charge in [-0.1, -0.05) is 0 Å². The summed E-state index contributed by atoms with van der Waals surface area (Å²) in [7, 11) is 0. The van der Waals surface area contributed by atoms with Gasteiger partial charge in [0, 0.05) is 0 Å². The van der Waals surface area contributed by atoms with Crippen molar-refractivity contribution in [2.24, 2.45) is 0 Å². The third-order valence-electron chi connectivity index (χ3n) is 0.698. The first kappa shape index (κ1) is 9.54. The van der Waals surface area contributed by atoms with Crippen LogP contribution in [-0.2, 0) is 9.53 Å². The molecule has 62 valence electrons. The van der Waals surface area contributed by atoms with Crippen molar-refractivity contribution in [2.75, 3.05) is 6.61 Å². The quantitative estimate of drug-likeness (QED) is 0.201. The number of hydrogen-bond acceptors (Lipinski definition) is 4. The molecule has 0 aromatic heterocycles. The molecule has 0 aromatic rings. The van der Waals surface area contributed by atoms with Crippen LogP contribution >= 0.6 is 0 Å². The van der Waals surface area contributed by atoms with E-state index in [2.05, 4.69) is 4.74 Å². The van der Waals surface area contributed by atoms with Crippen molar-refractivity contribution in [1.29, 1.82) is 0 Å². The Balaban J connectivity index is 4.08. The second-order valence-electron chi connectivity index (χ2n) is 1.48. The minimum absolute atomic E-state index is 0.0559. The van der Waals surface area contributed by atoms with Crippen molar-refractivity contribution in [1.82, 2.24) is 0 Å². The van der Waals surface area contributed by atoms with E-state index in [1.54, 1.807) is 0 Å². The van der Waals surface area contributed by atoms with Gasteiger partial charge in [-0.15, -0.1) is 4.39 Å². The number of carbonyl (C=O) groups excluding carboxylic acids is 1. The summed E-state index contributed by atoms with van der Waals surface area (Å²) < 4.78 is 16.2. The standard InChI is InChI=1S/C5H6FNO4/c1-2-11-5(8)3-4(6)7(9)10/h3H,2H2,1H3. The number of ether oxygens (including phenoxy) is 1. The second kappa shape index (κ2) is 4.37. The maximum absolute atomic E-state index is 12.0. The fourth-order valence-electron chi connectivity index (χ4n) is 0.334. The maximum Gasteiger partial charge on any atom is 0.426 e. The Labute approximate surface area is 61.6 Å². The topological polar surface area (TPSA) is 69.4 Å². The van der Waals surface area contributed by atoms with Gasteiger partial charge in [0.1, 0.15) is 6.08 Å². The van der Waals surface area contributed by atoms with Crippen LogP contribution in [0.15, 0.2) is 12.0 Å². The van der Waals surface area contributed by atoms with E-state index in [1.165, 1.54) is 6.92 Å². The summed E-state index contributed by atoms with van der Waals surface area (Å²) >= 11 is 0. The predicted octanol–water partition coefficient (Wildman–Crippen LogP) is 0.637. The minimum Gasteiger partial charge on any atom is -0.463 e. The van der Waals surface area contributed by atoms with E-state index in [1.807, 2.05) is 0 Å². The SMILES string of the molecule is CCOC(=O)C=C(F)[N+](=O)[O-]. The molecule has 0 aliphatic rings. The number of nitrogens with zero attached hydrogens (tertiary/aromatic N) is 1. The Morgan fingerprint density at radius 2 is 2.36 bits per heavy atom. The fourth-order valence-corrected chi connectivity index (χ4v) is 0.334. The summed E-state index contributed by atoms with van der Waals surface area (Å²) in [6.45, 7) is 1.57. The van der Waals surface area contributed by atoms with E-state index in [0.29, 0.717) is 0 Å². The third-order valence-corrected chi connectivity index (χ3v) is 0.698.